The molecule has 134 valence electrons. The van der Waals surface area contributed by atoms with E-state index in [0.29, 0.717) is 11.1 Å². The zero-order valence-corrected chi connectivity index (χ0v) is 13.8. The van der Waals surface area contributed by atoms with Crippen LogP contribution in [0.4, 0.5) is 13.2 Å². The predicted octanol–water partition coefficient (Wildman–Crippen LogP) is 2.85. The third kappa shape index (κ3) is 4.86. The first-order valence-corrected chi connectivity index (χ1v) is 7.58. The molecule has 0 aliphatic heterocycles. The second-order valence-corrected chi connectivity index (χ2v) is 5.19. The summed E-state index contributed by atoms with van der Waals surface area (Å²) in [5.41, 5.74) is -0.116. The highest BCUT2D eigenvalue weighted by molar-refractivity contribution is 5.96. The van der Waals surface area contributed by atoms with Crippen LogP contribution >= 0.6 is 0 Å². The van der Waals surface area contributed by atoms with Crippen LogP contribution in [0, 0.1) is 11.8 Å². The second kappa shape index (κ2) is 8.21. The smallest absolute Gasteiger partial charge is 0.355 e. The first-order chi connectivity index (χ1) is 12.3. The van der Waals surface area contributed by atoms with Crippen LogP contribution in [0.25, 0.3) is 0 Å². The lowest BCUT2D eigenvalue weighted by Crippen LogP contribution is -2.24. The van der Waals surface area contributed by atoms with Crippen LogP contribution < -0.4 is 10.6 Å². The molecule has 2 aromatic rings. The first kappa shape index (κ1) is 19.1. The van der Waals surface area contributed by atoms with Gasteiger partial charge in [0.15, 0.2) is 0 Å². The lowest BCUT2D eigenvalue weighted by molar-refractivity contribution is -0.137. The average molecular weight is 360 g/mol. The van der Waals surface area contributed by atoms with Crippen molar-refractivity contribution in [3.63, 3.8) is 0 Å². The van der Waals surface area contributed by atoms with Gasteiger partial charge in [-0.15, -0.1) is 0 Å². The fraction of sp³-hybridized carbons (Fsp3) is 0.158. The number of halogens is 3. The summed E-state index contributed by atoms with van der Waals surface area (Å²) in [5, 5.41) is 4.93. The van der Waals surface area contributed by atoms with Crippen molar-refractivity contribution in [1.82, 2.24) is 10.6 Å². The Labute approximate surface area is 148 Å². The molecule has 0 aromatic heterocycles. The molecule has 0 aliphatic rings. The van der Waals surface area contributed by atoms with Crippen molar-refractivity contribution in [2.45, 2.75) is 6.18 Å². The monoisotopic (exact) mass is 360 g/mol. The number of benzene rings is 2. The van der Waals surface area contributed by atoms with Crippen molar-refractivity contribution in [3.8, 4) is 11.8 Å². The Morgan fingerprint density at radius 1 is 1.04 bits per heavy atom. The number of rotatable bonds is 3. The summed E-state index contributed by atoms with van der Waals surface area (Å²) in [6.45, 7) is -0.0723. The number of amides is 2. The number of hydrogen-bond acceptors (Lipinski definition) is 2. The maximum atomic E-state index is 12.7. The molecule has 0 radical (unpaired) electrons. The lowest BCUT2D eigenvalue weighted by atomic mass is 10.1. The highest BCUT2D eigenvalue weighted by Gasteiger charge is 2.30. The molecule has 2 amide bonds. The van der Waals surface area contributed by atoms with Crippen molar-refractivity contribution in [3.05, 3.63) is 70.8 Å². The van der Waals surface area contributed by atoms with Crippen LogP contribution in [0.2, 0.25) is 0 Å². The number of carbonyl (C=O) groups is 2. The zero-order chi connectivity index (χ0) is 19.2. The molecule has 0 unspecified atom stereocenters. The maximum absolute atomic E-state index is 12.7. The third-order valence-electron chi connectivity index (χ3n) is 3.41. The van der Waals surface area contributed by atoms with Gasteiger partial charge in [0.25, 0.3) is 11.8 Å². The van der Waals surface area contributed by atoms with Gasteiger partial charge in [0, 0.05) is 18.2 Å². The molecule has 0 bridgehead atoms. The first-order valence-electron chi connectivity index (χ1n) is 7.58. The van der Waals surface area contributed by atoms with Crippen LogP contribution in [0.1, 0.15) is 31.8 Å². The van der Waals surface area contributed by atoms with Gasteiger partial charge in [-0.3, -0.25) is 9.59 Å². The highest BCUT2D eigenvalue weighted by Crippen LogP contribution is 2.29. The van der Waals surface area contributed by atoms with Crippen LogP contribution in [0.15, 0.2) is 48.5 Å². The summed E-state index contributed by atoms with van der Waals surface area (Å²) in [5.74, 6) is 4.50. The van der Waals surface area contributed by atoms with E-state index < -0.39 is 17.6 Å². The number of nitrogens with one attached hydrogen (secondary N) is 2. The van der Waals surface area contributed by atoms with Crippen LogP contribution in [-0.2, 0) is 6.18 Å². The van der Waals surface area contributed by atoms with Crippen LogP contribution in [-0.4, -0.2) is 25.4 Å². The van der Waals surface area contributed by atoms with Crippen molar-refractivity contribution >= 4 is 11.8 Å². The molecule has 7 heteroatoms. The molecule has 0 aliphatic carbocycles. The summed E-state index contributed by atoms with van der Waals surface area (Å²) in [6.07, 6.45) is -4.51. The van der Waals surface area contributed by atoms with Gasteiger partial charge in [0.05, 0.1) is 17.7 Å². The Morgan fingerprint density at radius 3 is 2.46 bits per heavy atom. The molecule has 0 spiro atoms. The Kier molecular flexibility index (Phi) is 6.02. The van der Waals surface area contributed by atoms with Crippen LogP contribution in [0.5, 0.6) is 0 Å². The van der Waals surface area contributed by atoms with E-state index >= 15 is 0 Å². The van der Waals surface area contributed by atoms with E-state index in [9.17, 15) is 22.8 Å². The number of hydrogen-bond donors (Lipinski definition) is 2. The number of alkyl halides is 3. The van der Waals surface area contributed by atoms with Crippen molar-refractivity contribution in [2.24, 2.45) is 0 Å². The molecule has 0 saturated carbocycles. The molecular formula is C19H15F3N2O2. The summed E-state index contributed by atoms with van der Waals surface area (Å²) < 4.78 is 38.0. The largest absolute Gasteiger partial charge is 0.416 e. The van der Waals surface area contributed by atoms with E-state index in [1.807, 2.05) is 0 Å². The van der Waals surface area contributed by atoms with Crippen molar-refractivity contribution in [2.75, 3.05) is 13.6 Å². The molecule has 0 atom stereocenters. The molecular weight excluding hydrogens is 345 g/mol. The van der Waals surface area contributed by atoms with Gasteiger partial charge in [-0.25, -0.2) is 0 Å². The molecule has 2 aromatic carbocycles. The van der Waals surface area contributed by atoms with Gasteiger partial charge in [-0.2, -0.15) is 13.2 Å². The summed E-state index contributed by atoms with van der Waals surface area (Å²) in [7, 11) is 1.50. The SMILES string of the molecule is CNC(=O)c1ccccc1C#CCNC(=O)c1cccc(C(F)(F)F)c1. The van der Waals surface area contributed by atoms with Crippen LogP contribution in [0.3, 0.4) is 0 Å². The second-order valence-electron chi connectivity index (χ2n) is 5.19. The highest BCUT2D eigenvalue weighted by atomic mass is 19.4. The zero-order valence-electron chi connectivity index (χ0n) is 13.8. The predicted molar refractivity (Wildman–Crippen MR) is 90.5 cm³/mol. The van der Waals surface area contributed by atoms with Gasteiger partial charge >= 0.3 is 6.18 Å². The van der Waals surface area contributed by atoms with E-state index in [4.69, 9.17) is 0 Å². The minimum Gasteiger partial charge on any atom is -0.355 e. The summed E-state index contributed by atoms with van der Waals surface area (Å²) in [4.78, 5) is 23.7. The molecule has 0 heterocycles. The number of carbonyl (C=O) groups excluding carboxylic acids is 2. The standard InChI is InChI=1S/C19H15F3N2O2/c1-23-18(26)16-10-3-2-6-13(16)8-5-11-24-17(25)14-7-4-9-15(12-14)19(20,21)22/h2-4,6-7,9-10,12H,11H2,1H3,(H,23,26)(H,24,25). The third-order valence-corrected chi connectivity index (χ3v) is 3.41. The molecule has 0 fully saturated rings. The van der Waals surface area contributed by atoms with Gasteiger partial charge in [0.2, 0.25) is 0 Å². The molecule has 2 N–H and O–H groups in total. The van der Waals surface area contributed by atoms with E-state index in [-0.39, 0.29) is 18.0 Å². The summed E-state index contributed by atoms with van der Waals surface area (Å²) in [6, 6.07) is 10.8. The average Bonchev–Trinajstić information content (AvgIpc) is 2.64. The van der Waals surface area contributed by atoms with E-state index in [0.717, 1.165) is 12.1 Å². The Morgan fingerprint density at radius 2 is 1.77 bits per heavy atom. The normalized spacial score (nSPS) is 10.5. The Hall–Kier alpha value is -3.27. The van der Waals surface area contributed by atoms with Gasteiger partial charge in [-0.05, 0) is 30.3 Å². The van der Waals surface area contributed by atoms with Crippen molar-refractivity contribution < 1.29 is 22.8 Å². The topological polar surface area (TPSA) is 58.2 Å². The summed E-state index contributed by atoms with van der Waals surface area (Å²) >= 11 is 0. The Bertz CT molecular complexity index is 880. The minimum atomic E-state index is -4.51. The van der Waals surface area contributed by atoms with Crippen molar-refractivity contribution in [1.29, 1.82) is 0 Å². The van der Waals surface area contributed by atoms with E-state index in [1.165, 1.54) is 19.2 Å². The minimum absolute atomic E-state index is 0.0723. The lowest BCUT2D eigenvalue weighted by Gasteiger charge is -2.08. The maximum Gasteiger partial charge on any atom is 0.416 e. The molecule has 2 rings (SSSR count). The van der Waals surface area contributed by atoms with Gasteiger partial charge in [-0.1, -0.05) is 30.0 Å². The van der Waals surface area contributed by atoms with E-state index in [1.54, 1.807) is 24.3 Å². The molecule has 0 saturated heterocycles. The molecule has 4 nitrogen and oxygen atoms in total. The van der Waals surface area contributed by atoms with E-state index in [2.05, 4.69) is 22.5 Å². The Balaban J connectivity index is 2.05. The van der Waals surface area contributed by atoms with Gasteiger partial charge in [0.1, 0.15) is 0 Å². The molecule has 26 heavy (non-hydrogen) atoms. The quantitative estimate of drug-likeness (QED) is 0.827. The fourth-order valence-electron chi connectivity index (χ4n) is 2.13. The fourth-order valence-corrected chi connectivity index (χ4v) is 2.13. The van der Waals surface area contributed by atoms with Gasteiger partial charge < -0.3 is 10.6 Å².